The number of ether oxygens (including phenoxy) is 1. The third kappa shape index (κ3) is 5.91. The Kier molecular flexibility index (Phi) is 8.26. The maximum Gasteiger partial charge on any atom is 0.306 e. The molecule has 2 aromatic heterocycles. The van der Waals surface area contributed by atoms with Crippen molar-refractivity contribution in [1.82, 2.24) is 19.5 Å². The molecule has 0 radical (unpaired) electrons. The van der Waals surface area contributed by atoms with Crippen molar-refractivity contribution >= 4 is 40.6 Å². The first-order valence-corrected chi connectivity index (χ1v) is 14.1. The monoisotopic (exact) mass is 577 g/mol. The van der Waals surface area contributed by atoms with Gasteiger partial charge >= 0.3 is 5.97 Å². The van der Waals surface area contributed by atoms with Crippen LogP contribution in [0.15, 0.2) is 48.5 Å². The van der Waals surface area contributed by atoms with E-state index in [1.54, 1.807) is 34.5 Å². The minimum Gasteiger partial charge on any atom is -0.466 e. The fourth-order valence-electron chi connectivity index (χ4n) is 5.51. The number of likely N-dealkylation sites (tertiary alicyclic amines) is 1. The summed E-state index contributed by atoms with van der Waals surface area (Å²) in [5.41, 5.74) is 5.16. The van der Waals surface area contributed by atoms with E-state index in [4.69, 9.17) is 26.4 Å². The number of nitrogens with zero attached hydrogens (tertiary/aromatic N) is 5. The summed E-state index contributed by atoms with van der Waals surface area (Å²) in [4.78, 5) is 34.0. The summed E-state index contributed by atoms with van der Waals surface area (Å²) in [7, 11) is 1.95. The number of hydrogen-bond acceptors (Lipinski definition) is 6. The van der Waals surface area contributed by atoms with Gasteiger partial charge in [0.25, 0.3) is 5.91 Å². The normalized spacial score (nSPS) is 14.0. The molecule has 4 aromatic rings. The highest BCUT2D eigenvalue weighted by Gasteiger charge is 2.28. The quantitative estimate of drug-likeness (QED) is 0.237. The van der Waals surface area contributed by atoms with Crippen LogP contribution in [0.2, 0.25) is 5.02 Å². The third-order valence-electron chi connectivity index (χ3n) is 7.62. The number of anilines is 2. The number of carbonyl (C=O) groups excluding carboxylic acids is 2. The number of hydrogen-bond donors (Lipinski definition) is 0. The molecule has 0 bridgehead atoms. The zero-order valence-electron chi connectivity index (χ0n) is 23.7. The summed E-state index contributed by atoms with van der Waals surface area (Å²) >= 11 is 6.10. The fraction of sp³-hybridized carbons (Fsp3) is 0.355. The molecule has 1 aliphatic heterocycles. The van der Waals surface area contributed by atoms with Gasteiger partial charge in [-0.1, -0.05) is 29.8 Å². The van der Waals surface area contributed by atoms with E-state index in [1.165, 1.54) is 6.07 Å². The molecule has 0 spiro atoms. The Morgan fingerprint density at radius 1 is 1.10 bits per heavy atom. The highest BCUT2D eigenvalue weighted by atomic mass is 35.5. The minimum absolute atomic E-state index is 0.00422. The maximum absolute atomic E-state index is 13.9. The van der Waals surface area contributed by atoms with Crippen LogP contribution in [0.3, 0.4) is 0 Å². The molecule has 1 saturated heterocycles. The number of esters is 1. The van der Waals surface area contributed by atoms with Crippen molar-refractivity contribution in [2.75, 3.05) is 31.6 Å². The van der Waals surface area contributed by atoms with Gasteiger partial charge in [-0.15, -0.1) is 0 Å². The van der Waals surface area contributed by atoms with Crippen LogP contribution in [0.4, 0.5) is 15.9 Å². The summed E-state index contributed by atoms with van der Waals surface area (Å²) in [6.45, 7) is 7.33. The molecule has 41 heavy (non-hydrogen) atoms. The average molecular weight is 578 g/mol. The van der Waals surface area contributed by atoms with E-state index in [2.05, 4.69) is 0 Å². The lowest BCUT2D eigenvalue weighted by atomic mass is 9.93. The standard InChI is InChI=1S/C31H33ClFN5O3/c1-5-41-29(39)15-21-11-13-37(14-12-21)31(40)26-17-27-34-25(22-9-10-24(33)23(32)16-22)18-28(38(27)35-26)36(4)30-19(2)7-6-8-20(30)3/h6-10,16-18,21H,5,11-15H2,1-4H3. The van der Waals surface area contributed by atoms with Crippen molar-refractivity contribution in [3.05, 3.63) is 76.2 Å². The Labute approximate surface area is 243 Å². The van der Waals surface area contributed by atoms with Crippen LogP contribution in [0.5, 0.6) is 0 Å². The lowest BCUT2D eigenvalue weighted by molar-refractivity contribution is -0.144. The number of para-hydroxylation sites is 1. The number of halogens is 2. The Morgan fingerprint density at radius 3 is 2.46 bits per heavy atom. The molecule has 8 nitrogen and oxygen atoms in total. The van der Waals surface area contributed by atoms with Gasteiger partial charge in [0.2, 0.25) is 0 Å². The van der Waals surface area contributed by atoms with Gasteiger partial charge < -0.3 is 14.5 Å². The van der Waals surface area contributed by atoms with Gasteiger partial charge in [0.15, 0.2) is 11.3 Å². The number of benzene rings is 2. The first kappa shape index (κ1) is 28.5. The van der Waals surface area contributed by atoms with Crippen molar-refractivity contribution in [1.29, 1.82) is 0 Å². The molecule has 0 aliphatic carbocycles. The van der Waals surface area contributed by atoms with Crippen LogP contribution in [0, 0.1) is 25.6 Å². The first-order valence-electron chi connectivity index (χ1n) is 13.8. The van der Waals surface area contributed by atoms with Crippen LogP contribution in [-0.4, -0.2) is 58.1 Å². The average Bonchev–Trinajstić information content (AvgIpc) is 3.38. The Hall–Kier alpha value is -3.98. The highest BCUT2D eigenvalue weighted by Crippen LogP contribution is 2.34. The summed E-state index contributed by atoms with van der Waals surface area (Å²) in [6, 6.07) is 14.1. The van der Waals surface area contributed by atoms with Crippen LogP contribution >= 0.6 is 11.6 Å². The molecule has 5 rings (SSSR count). The second-order valence-corrected chi connectivity index (χ2v) is 10.9. The minimum atomic E-state index is -0.507. The SMILES string of the molecule is CCOC(=O)CC1CCN(C(=O)c2cc3nc(-c4ccc(F)c(Cl)c4)cc(N(C)c4c(C)cccc4C)n3n2)CC1. The summed E-state index contributed by atoms with van der Waals surface area (Å²) < 4.78 is 20.7. The molecule has 0 saturated carbocycles. The molecular formula is C31H33ClFN5O3. The van der Waals surface area contributed by atoms with Crippen LogP contribution in [-0.2, 0) is 9.53 Å². The fourth-order valence-corrected chi connectivity index (χ4v) is 5.69. The van der Waals surface area contributed by atoms with Gasteiger partial charge in [0, 0.05) is 49.9 Å². The number of piperidine rings is 1. The maximum atomic E-state index is 13.9. The van der Waals surface area contributed by atoms with Crippen molar-refractivity contribution in [2.45, 2.75) is 40.0 Å². The first-order chi connectivity index (χ1) is 19.7. The number of aryl methyl sites for hydroxylation is 2. The molecule has 0 atom stereocenters. The second kappa shape index (κ2) is 11.9. The predicted octanol–water partition coefficient (Wildman–Crippen LogP) is 6.38. The van der Waals surface area contributed by atoms with E-state index in [9.17, 15) is 14.0 Å². The molecule has 1 fully saturated rings. The Morgan fingerprint density at radius 2 is 1.80 bits per heavy atom. The summed E-state index contributed by atoms with van der Waals surface area (Å²) in [6.07, 6.45) is 1.83. The smallest absolute Gasteiger partial charge is 0.306 e. The van der Waals surface area contributed by atoms with Crippen LogP contribution < -0.4 is 4.90 Å². The highest BCUT2D eigenvalue weighted by molar-refractivity contribution is 6.31. The molecule has 0 unspecified atom stereocenters. The van der Waals surface area contributed by atoms with Gasteiger partial charge in [-0.2, -0.15) is 9.61 Å². The zero-order valence-corrected chi connectivity index (χ0v) is 24.4. The van der Waals surface area contributed by atoms with Crippen molar-refractivity contribution in [3.8, 4) is 11.3 Å². The Balaban J connectivity index is 1.51. The van der Waals surface area contributed by atoms with Gasteiger partial charge in [-0.25, -0.2) is 9.37 Å². The third-order valence-corrected chi connectivity index (χ3v) is 7.91. The largest absolute Gasteiger partial charge is 0.466 e. The molecule has 214 valence electrons. The van der Waals surface area contributed by atoms with Gasteiger partial charge in [0.05, 0.1) is 17.3 Å². The number of aromatic nitrogens is 3. The van der Waals surface area contributed by atoms with E-state index in [1.807, 2.05) is 50.1 Å². The molecule has 10 heteroatoms. The van der Waals surface area contributed by atoms with Crippen molar-refractivity contribution < 1.29 is 18.7 Å². The second-order valence-electron chi connectivity index (χ2n) is 10.5. The molecule has 1 aliphatic rings. The Bertz CT molecular complexity index is 1590. The molecule has 0 N–H and O–H groups in total. The van der Waals surface area contributed by atoms with E-state index < -0.39 is 5.82 Å². The van der Waals surface area contributed by atoms with E-state index in [0.29, 0.717) is 48.8 Å². The summed E-state index contributed by atoms with van der Waals surface area (Å²) in [5.74, 6) is 0.00540. The zero-order chi connectivity index (χ0) is 29.3. The van der Waals surface area contributed by atoms with Gasteiger partial charge in [-0.3, -0.25) is 9.59 Å². The van der Waals surface area contributed by atoms with Gasteiger partial charge in [0.1, 0.15) is 11.6 Å². The number of carbonyl (C=O) groups is 2. The lowest BCUT2D eigenvalue weighted by Gasteiger charge is -2.31. The number of fused-ring (bicyclic) bond motifs is 1. The molecular weight excluding hydrogens is 545 g/mol. The van der Waals surface area contributed by atoms with Crippen LogP contribution in [0.25, 0.3) is 16.9 Å². The lowest BCUT2D eigenvalue weighted by Crippen LogP contribution is -2.39. The number of rotatable bonds is 7. The predicted molar refractivity (Wildman–Crippen MR) is 157 cm³/mol. The van der Waals surface area contributed by atoms with E-state index in [0.717, 1.165) is 29.7 Å². The van der Waals surface area contributed by atoms with Crippen molar-refractivity contribution in [3.63, 3.8) is 0 Å². The molecule has 3 heterocycles. The van der Waals surface area contributed by atoms with E-state index in [-0.39, 0.29) is 28.5 Å². The van der Waals surface area contributed by atoms with Gasteiger partial charge in [-0.05, 0) is 68.9 Å². The van der Waals surface area contributed by atoms with E-state index >= 15 is 0 Å². The number of amides is 1. The van der Waals surface area contributed by atoms with Crippen molar-refractivity contribution in [2.24, 2.45) is 5.92 Å². The molecule has 1 amide bonds. The molecule has 2 aromatic carbocycles. The summed E-state index contributed by atoms with van der Waals surface area (Å²) in [5, 5.41) is 4.72. The topological polar surface area (TPSA) is 80.0 Å². The van der Waals surface area contributed by atoms with Crippen LogP contribution in [0.1, 0.15) is 47.8 Å².